The zero-order chi connectivity index (χ0) is 21.9. The Kier molecular flexibility index (Phi) is 9.53. The molecular formula is C21H29FN2O6. The predicted octanol–water partition coefficient (Wildman–Crippen LogP) is 1.56. The summed E-state index contributed by atoms with van der Waals surface area (Å²) in [7, 11) is 0. The van der Waals surface area contributed by atoms with Crippen LogP contribution in [0.25, 0.3) is 0 Å². The molecule has 3 N–H and O–H groups in total. The maximum atomic E-state index is 12.8. The highest BCUT2D eigenvalue weighted by Crippen LogP contribution is 2.27. The summed E-state index contributed by atoms with van der Waals surface area (Å²) in [5.74, 6) is 0.0978. The largest absolute Gasteiger partial charge is 0.484 e. The maximum Gasteiger partial charge on any atom is 0.290 e. The van der Waals surface area contributed by atoms with Crippen molar-refractivity contribution in [2.75, 3.05) is 19.7 Å². The number of nitrogens with one attached hydrogen (secondary N) is 1. The second-order valence-electron chi connectivity index (χ2n) is 7.52. The van der Waals surface area contributed by atoms with E-state index in [0.717, 1.165) is 25.7 Å². The fourth-order valence-corrected chi connectivity index (χ4v) is 3.78. The van der Waals surface area contributed by atoms with Crippen LogP contribution in [0.15, 0.2) is 24.3 Å². The van der Waals surface area contributed by atoms with Crippen LogP contribution >= 0.6 is 0 Å². The van der Waals surface area contributed by atoms with E-state index in [1.54, 1.807) is 0 Å². The SMILES string of the molecule is O=C(COc1ccc(F)cc1)NC1CCC(C(=O)N2CCC(O)CC2)CC1.O=CO. The molecule has 0 unspecified atom stereocenters. The molecule has 1 aromatic carbocycles. The van der Waals surface area contributed by atoms with Gasteiger partial charge in [0.2, 0.25) is 5.91 Å². The lowest BCUT2D eigenvalue weighted by molar-refractivity contribution is -0.138. The van der Waals surface area contributed by atoms with E-state index in [0.29, 0.717) is 31.7 Å². The Morgan fingerprint density at radius 3 is 2.23 bits per heavy atom. The molecule has 0 atom stereocenters. The number of amides is 2. The van der Waals surface area contributed by atoms with Gasteiger partial charge in [0.15, 0.2) is 6.61 Å². The first-order valence-electron chi connectivity index (χ1n) is 10.1. The van der Waals surface area contributed by atoms with Crippen LogP contribution in [0.3, 0.4) is 0 Å². The van der Waals surface area contributed by atoms with Crippen molar-refractivity contribution in [2.45, 2.75) is 50.7 Å². The summed E-state index contributed by atoms with van der Waals surface area (Å²) in [6.45, 7) is 0.912. The normalized spacial score (nSPS) is 21.7. The molecule has 1 heterocycles. The lowest BCUT2D eigenvalue weighted by Gasteiger charge is -2.35. The van der Waals surface area contributed by atoms with Crippen LogP contribution < -0.4 is 10.1 Å². The Morgan fingerprint density at radius 2 is 1.67 bits per heavy atom. The van der Waals surface area contributed by atoms with Gasteiger partial charge < -0.3 is 25.2 Å². The minimum atomic E-state index is -0.348. The third-order valence-corrected chi connectivity index (χ3v) is 5.40. The first-order valence-corrected chi connectivity index (χ1v) is 10.1. The number of aliphatic hydroxyl groups is 1. The van der Waals surface area contributed by atoms with Crippen LogP contribution in [0.5, 0.6) is 5.75 Å². The molecule has 0 radical (unpaired) electrons. The molecule has 8 nitrogen and oxygen atoms in total. The summed E-state index contributed by atoms with van der Waals surface area (Å²) in [5, 5.41) is 19.4. The van der Waals surface area contributed by atoms with Gasteiger partial charge in [-0.25, -0.2) is 4.39 Å². The van der Waals surface area contributed by atoms with E-state index in [-0.39, 0.29) is 48.8 Å². The van der Waals surface area contributed by atoms with Gasteiger partial charge in [0.25, 0.3) is 12.4 Å². The first-order chi connectivity index (χ1) is 14.4. The number of likely N-dealkylation sites (tertiary alicyclic amines) is 1. The molecule has 0 aromatic heterocycles. The third-order valence-electron chi connectivity index (χ3n) is 5.40. The topological polar surface area (TPSA) is 116 Å². The number of hydrogen-bond donors (Lipinski definition) is 3. The monoisotopic (exact) mass is 424 g/mol. The molecule has 166 valence electrons. The molecule has 1 saturated carbocycles. The molecule has 1 aromatic rings. The van der Waals surface area contributed by atoms with Crippen LogP contribution in [0, 0.1) is 11.7 Å². The smallest absolute Gasteiger partial charge is 0.290 e. The highest BCUT2D eigenvalue weighted by Gasteiger charge is 2.31. The number of hydrogen-bond acceptors (Lipinski definition) is 5. The van der Waals surface area contributed by atoms with Crippen molar-refractivity contribution in [2.24, 2.45) is 5.92 Å². The van der Waals surface area contributed by atoms with E-state index in [9.17, 15) is 19.1 Å². The van der Waals surface area contributed by atoms with Crippen LogP contribution in [0.1, 0.15) is 38.5 Å². The average molecular weight is 424 g/mol. The molecule has 2 amide bonds. The summed E-state index contributed by atoms with van der Waals surface area (Å²) >= 11 is 0. The number of carbonyl (C=O) groups excluding carboxylic acids is 2. The number of nitrogens with zero attached hydrogens (tertiary/aromatic N) is 1. The van der Waals surface area contributed by atoms with Crippen molar-refractivity contribution in [1.29, 1.82) is 0 Å². The van der Waals surface area contributed by atoms with Crippen LogP contribution in [-0.4, -0.2) is 65.2 Å². The Bertz CT molecular complexity index is 683. The van der Waals surface area contributed by atoms with E-state index < -0.39 is 0 Å². The standard InChI is InChI=1S/C20H27FN2O4.CH2O2/c21-15-3-7-18(8-4-15)27-13-19(25)22-16-5-1-14(2-6-16)20(26)23-11-9-17(24)10-12-23;2-1-3/h3-4,7-8,14,16-17,24H,1-2,5-6,9-13H2,(H,22,25);1H,(H,2,3). The fraction of sp³-hybridized carbons (Fsp3) is 0.571. The van der Waals surface area contributed by atoms with Gasteiger partial charge >= 0.3 is 0 Å². The number of piperidine rings is 1. The number of rotatable bonds is 5. The van der Waals surface area contributed by atoms with Crippen molar-refractivity contribution < 1.29 is 33.7 Å². The Morgan fingerprint density at radius 1 is 1.10 bits per heavy atom. The van der Waals surface area contributed by atoms with E-state index in [4.69, 9.17) is 14.6 Å². The molecule has 1 saturated heterocycles. The summed E-state index contributed by atoms with van der Waals surface area (Å²) in [6.07, 6.45) is 4.11. The molecule has 30 heavy (non-hydrogen) atoms. The summed E-state index contributed by atoms with van der Waals surface area (Å²) in [4.78, 5) is 34.8. The molecule has 2 fully saturated rings. The average Bonchev–Trinajstić information content (AvgIpc) is 2.74. The molecular weight excluding hydrogens is 395 g/mol. The van der Waals surface area contributed by atoms with Gasteiger partial charge in [-0.2, -0.15) is 0 Å². The molecule has 0 spiro atoms. The van der Waals surface area contributed by atoms with Crippen LogP contribution in [-0.2, 0) is 14.4 Å². The summed E-state index contributed by atoms with van der Waals surface area (Å²) < 4.78 is 18.2. The van der Waals surface area contributed by atoms with Crippen LogP contribution in [0.4, 0.5) is 4.39 Å². The first kappa shape index (κ1) is 23.6. The summed E-state index contributed by atoms with van der Waals surface area (Å²) in [5.41, 5.74) is 0. The molecule has 1 aliphatic heterocycles. The lowest BCUT2D eigenvalue weighted by Crippen LogP contribution is -2.46. The fourth-order valence-electron chi connectivity index (χ4n) is 3.78. The number of carboxylic acid groups (broad SMARTS) is 1. The number of carbonyl (C=O) groups is 3. The quantitative estimate of drug-likeness (QED) is 0.618. The minimum Gasteiger partial charge on any atom is -0.484 e. The zero-order valence-electron chi connectivity index (χ0n) is 16.8. The van der Waals surface area contributed by atoms with Crippen molar-refractivity contribution in [3.05, 3.63) is 30.1 Å². The van der Waals surface area contributed by atoms with Gasteiger partial charge in [0.1, 0.15) is 11.6 Å². The Labute approximate surface area is 175 Å². The minimum absolute atomic E-state index is 0.0175. The molecule has 3 rings (SSSR count). The highest BCUT2D eigenvalue weighted by atomic mass is 19.1. The van der Waals surface area contributed by atoms with Gasteiger partial charge in [-0.15, -0.1) is 0 Å². The zero-order valence-corrected chi connectivity index (χ0v) is 16.8. The predicted molar refractivity (Wildman–Crippen MR) is 106 cm³/mol. The van der Waals surface area contributed by atoms with Crippen molar-refractivity contribution in [3.63, 3.8) is 0 Å². The number of ether oxygens (including phenoxy) is 1. The van der Waals surface area contributed by atoms with E-state index in [2.05, 4.69) is 5.32 Å². The van der Waals surface area contributed by atoms with E-state index >= 15 is 0 Å². The lowest BCUT2D eigenvalue weighted by atomic mass is 9.84. The van der Waals surface area contributed by atoms with Gasteiger partial charge in [0, 0.05) is 25.0 Å². The molecule has 9 heteroatoms. The number of halogens is 1. The Balaban J connectivity index is 0.00000101. The van der Waals surface area contributed by atoms with Gasteiger partial charge in [-0.1, -0.05) is 0 Å². The van der Waals surface area contributed by atoms with Gasteiger partial charge in [-0.3, -0.25) is 14.4 Å². The molecule has 0 bridgehead atoms. The second-order valence-corrected chi connectivity index (χ2v) is 7.52. The van der Waals surface area contributed by atoms with E-state index in [1.807, 2.05) is 4.90 Å². The molecule has 1 aliphatic carbocycles. The van der Waals surface area contributed by atoms with Crippen molar-refractivity contribution in [3.8, 4) is 5.75 Å². The maximum absolute atomic E-state index is 12.8. The number of benzene rings is 1. The van der Waals surface area contributed by atoms with Crippen molar-refractivity contribution >= 4 is 18.3 Å². The van der Waals surface area contributed by atoms with Gasteiger partial charge in [-0.05, 0) is 62.8 Å². The van der Waals surface area contributed by atoms with Gasteiger partial charge in [0.05, 0.1) is 6.10 Å². The van der Waals surface area contributed by atoms with Crippen molar-refractivity contribution in [1.82, 2.24) is 10.2 Å². The third kappa shape index (κ3) is 7.62. The van der Waals surface area contributed by atoms with E-state index in [1.165, 1.54) is 24.3 Å². The molecule has 2 aliphatic rings. The summed E-state index contributed by atoms with van der Waals surface area (Å²) in [6, 6.07) is 5.60. The Hall–Kier alpha value is -2.68. The van der Waals surface area contributed by atoms with Crippen LogP contribution in [0.2, 0.25) is 0 Å². The second kappa shape index (κ2) is 12.1. The highest BCUT2D eigenvalue weighted by molar-refractivity contribution is 5.79. The number of aliphatic hydroxyl groups excluding tert-OH is 1.